The van der Waals surface area contributed by atoms with E-state index in [1.54, 1.807) is 0 Å². The fourth-order valence-corrected chi connectivity index (χ4v) is 2.29. The molecule has 0 aliphatic rings. The average molecular weight is 282 g/mol. The molecule has 3 aromatic rings. The number of aromatic hydroxyl groups is 2. The van der Waals surface area contributed by atoms with E-state index in [0.29, 0.717) is 12.8 Å². The topological polar surface area (TPSA) is 70.7 Å². The molecule has 0 atom stereocenters. The number of phenolic OH excluding ortho intramolecular Hbond substituents is 1. The van der Waals surface area contributed by atoms with Crippen molar-refractivity contribution in [3.8, 4) is 11.5 Å². The van der Waals surface area contributed by atoms with Crippen LogP contribution in [0.2, 0.25) is 0 Å². The molecule has 106 valence electrons. The molecule has 0 aliphatic carbocycles. The number of hydrogen-bond donors (Lipinski definition) is 2. The molecule has 0 amide bonds. The highest BCUT2D eigenvalue weighted by molar-refractivity contribution is 5.79. The van der Waals surface area contributed by atoms with Crippen molar-refractivity contribution in [1.29, 1.82) is 0 Å². The molecule has 0 saturated heterocycles. The van der Waals surface area contributed by atoms with Crippen molar-refractivity contribution in [2.75, 3.05) is 0 Å². The smallest absolute Gasteiger partial charge is 0.234 e. The van der Waals surface area contributed by atoms with E-state index in [4.69, 9.17) is 4.42 Å². The Kier molecular flexibility index (Phi) is 3.36. The van der Waals surface area contributed by atoms with Crippen LogP contribution in [0, 0.1) is 0 Å². The van der Waals surface area contributed by atoms with Crippen molar-refractivity contribution in [3.63, 3.8) is 0 Å². The van der Waals surface area contributed by atoms with E-state index < -0.39 is 5.43 Å². The first-order valence-corrected chi connectivity index (χ1v) is 6.67. The summed E-state index contributed by atoms with van der Waals surface area (Å²) in [5.74, 6) is -0.101. The highest BCUT2D eigenvalue weighted by Crippen LogP contribution is 2.24. The van der Waals surface area contributed by atoms with Crippen LogP contribution in [0.25, 0.3) is 11.0 Å². The molecular formula is C17H14O4. The molecule has 0 saturated carbocycles. The lowest BCUT2D eigenvalue weighted by Crippen LogP contribution is -2.05. The Morgan fingerprint density at radius 3 is 2.48 bits per heavy atom. The molecule has 4 heteroatoms. The third-order valence-corrected chi connectivity index (χ3v) is 3.41. The van der Waals surface area contributed by atoms with Crippen molar-refractivity contribution in [1.82, 2.24) is 0 Å². The van der Waals surface area contributed by atoms with Gasteiger partial charge in [0, 0.05) is 12.5 Å². The molecule has 0 aliphatic heterocycles. The van der Waals surface area contributed by atoms with Gasteiger partial charge in [0.1, 0.15) is 11.3 Å². The number of phenols is 1. The van der Waals surface area contributed by atoms with E-state index in [2.05, 4.69) is 0 Å². The van der Waals surface area contributed by atoms with Crippen LogP contribution in [0.1, 0.15) is 11.3 Å². The average Bonchev–Trinajstić information content (AvgIpc) is 2.50. The molecule has 4 nitrogen and oxygen atoms in total. The Labute approximate surface area is 120 Å². The molecule has 2 aromatic carbocycles. The molecule has 0 radical (unpaired) electrons. The lowest BCUT2D eigenvalue weighted by atomic mass is 10.1. The van der Waals surface area contributed by atoms with Crippen LogP contribution in [0.15, 0.2) is 57.7 Å². The van der Waals surface area contributed by atoms with Gasteiger partial charge in [-0.15, -0.1) is 0 Å². The van der Waals surface area contributed by atoms with Crippen molar-refractivity contribution in [2.24, 2.45) is 0 Å². The van der Waals surface area contributed by atoms with Gasteiger partial charge in [-0.25, -0.2) is 0 Å². The third-order valence-electron chi connectivity index (χ3n) is 3.41. The second kappa shape index (κ2) is 5.32. The van der Waals surface area contributed by atoms with E-state index in [1.807, 2.05) is 30.3 Å². The Morgan fingerprint density at radius 2 is 1.71 bits per heavy atom. The first-order valence-electron chi connectivity index (χ1n) is 6.67. The van der Waals surface area contributed by atoms with Crippen LogP contribution in [0.3, 0.4) is 0 Å². The standard InChI is InChI=1S/C17H14O4/c18-12-7-8-13-15(10-12)21-14(17(20)16(13)19)9-6-11-4-2-1-3-5-11/h1-5,7-8,10,18,20H,6,9H2. The van der Waals surface area contributed by atoms with Crippen LogP contribution >= 0.6 is 0 Å². The summed E-state index contributed by atoms with van der Waals surface area (Å²) in [6.07, 6.45) is 1.07. The molecule has 0 unspecified atom stereocenters. The van der Waals surface area contributed by atoms with E-state index in [0.717, 1.165) is 5.56 Å². The van der Waals surface area contributed by atoms with E-state index in [-0.39, 0.29) is 28.2 Å². The first-order chi connectivity index (χ1) is 10.1. The monoisotopic (exact) mass is 282 g/mol. The van der Waals surface area contributed by atoms with Gasteiger partial charge in [-0.3, -0.25) is 4.79 Å². The van der Waals surface area contributed by atoms with Crippen LogP contribution in [0.5, 0.6) is 11.5 Å². The summed E-state index contributed by atoms with van der Waals surface area (Å²) in [4.78, 5) is 12.1. The predicted octanol–water partition coefficient (Wildman–Crippen LogP) is 2.99. The maximum Gasteiger partial charge on any atom is 0.234 e. The maximum atomic E-state index is 12.1. The summed E-state index contributed by atoms with van der Waals surface area (Å²) in [5, 5.41) is 19.7. The normalized spacial score (nSPS) is 10.9. The number of fused-ring (bicyclic) bond motifs is 1. The largest absolute Gasteiger partial charge is 0.508 e. The Bertz CT molecular complexity index is 835. The summed E-state index contributed by atoms with van der Waals surface area (Å²) in [6.45, 7) is 0. The highest BCUT2D eigenvalue weighted by atomic mass is 16.4. The van der Waals surface area contributed by atoms with Gasteiger partial charge < -0.3 is 14.6 Å². The summed E-state index contributed by atoms with van der Waals surface area (Å²) in [5.41, 5.74) is 0.899. The van der Waals surface area contributed by atoms with Gasteiger partial charge in [0.15, 0.2) is 5.76 Å². The zero-order chi connectivity index (χ0) is 14.8. The fourth-order valence-electron chi connectivity index (χ4n) is 2.29. The van der Waals surface area contributed by atoms with Gasteiger partial charge >= 0.3 is 0 Å². The molecule has 2 N–H and O–H groups in total. The van der Waals surface area contributed by atoms with Gasteiger partial charge in [0.05, 0.1) is 5.39 Å². The van der Waals surface area contributed by atoms with E-state index >= 15 is 0 Å². The van der Waals surface area contributed by atoms with Gasteiger partial charge in [-0.05, 0) is 24.1 Å². The fraction of sp³-hybridized carbons (Fsp3) is 0.118. The Balaban J connectivity index is 1.98. The molecule has 3 rings (SSSR count). The van der Waals surface area contributed by atoms with Crippen LogP contribution in [-0.2, 0) is 12.8 Å². The van der Waals surface area contributed by atoms with Crippen molar-refractivity contribution in [2.45, 2.75) is 12.8 Å². The zero-order valence-electron chi connectivity index (χ0n) is 11.2. The molecule has 0 fully saturated rings. The SMILES string of the molecule is O=c1c(O)c(CCc2ccccc2)oc2cc(O)ccc12. The second-order valence-electron chi connectivity index (χ2n) is 4.87. The summed E-state index contributed by atoms with van der Waals surface area (Å²) in [6, 6.07) is 14.0. The summed E-state index contributed by atoms with van der Waals surface area (Å²) in [7, 11) is 0. The van der Waals surface area contributed by atoms with Gasteiger partial charge in [-0.1, -0.05) is 30.3 Å². The number of aryl methyl sites for hydroxylation is 2. The van der Waals surface area contributed by atoms with Gasteiger partial charge in [0.25, 0.3) is 0 Å². The Hall–Kier alpha value is -2.75. The molecule has 0 bridgehead atoms. The minimum atomic E-state index is -0.473. The van der Waals surface area contributed by atoms with E-state index in [1.165, 1.54) is 18.2 Å². The molecule has 21 heavy (non-hydrogen) atoms. The molecule has 0 spiro atoms. The quantitative estimate of drug-likeness (QED) is 0.774. The second-order valence-corrected chi connectivity index (χ2v) is 4.87. The lowest BCUT2D eigenvalue weighted by Gasteiger charge is -2.06. The zero-order valence-corrected chi connectivity index (χ0v) is 11.2. The van der Waals surface area contributed by atoms with Crippen LogP contribution in [0.4, 0.5) is 0 Å². The van der Waals surface area contributed by atoms with E-state index in [9.17, 15) is 15.0 Å². The summed E-state index contributed by atoms with van der Waals surface area (Å²) < 4.78 is 5.57. The van der Waals surface area contributed by atoms with Crippen LogP contribution in [-0.4, -0.2) is 10.2 Å². The molecule has 1 aromatic heterocycles. The molecule has 1 heterocycles. The van der Waals surface area contributed by atoms with Crippen molar-refractivity contribution < 1.29 is 14.6 Å². The van der Waals surface area contributed by atoms with Crippen molar-refractivity contribution >= 4 is 11.0 Å². The predicted molar refractivity (Wildman–Crippen MR) is 79.7 cm³/mol. The van der Waals surface area contributed by atoms with Crippen molar-refractivity contribution in [3.05, 3.63) is 70.1 Å². The van der Waals surface area contributed by atoms with Crippen LogP contribution < -0.4 is 5.43 Å². The number of hydrogen-bond acceptors (Lipinski definition) is 4. The Morgan fingerprint density at radius 1 is 0.952 bits per heavy atom. The highest BCUT2D eigenvalue weighted by Gasteiger charge is 2.13. The minimum Gasteiger partial charge on any atom is -0.508 e. The third kappa shape index (κ3) is 2.60. The number of rotatable bonds is 3. The maximum absolute atomic E-state index is 12.1. The number of benzene rings is 2. The summed E-state index contributed by atoms with van der Waals surface area (Å²) >= 11 is 0. The lowest BCUT2D eigenvalue weighted by molar-refractivity contribution is 0.414. The first kappa shape index (κ1) is 13.2. The minimum absolute atomic E-state index is 0.0188. The van der Waals surface area contributed by atoms with Gasteiger partial charge in [-0.2, -0.15) is 0 Å². The molecular weight excluding hydrogens is 268 g/mol. The van der Waals surface area contributed by atoms with Gasteiger partial charge in [0.2, 0.25) is 11.2 Å².